The minimum atomic E-state index is -0.167. The molecule has 1 unspecified atom stereocenters. The molecule has 0 saturated carbocycles. The number of nitrogens with two attached hydrogens (primary N) is 1. The summed E-state index contributed by atoms with van der Waals surface area (Å²) in [5.74, 6) is -0.167. The summed E-state index contributed by atoms with van der Waals surface area (Å²) in [4.78, 5) is 0. The Labute approximate surface area is 48.7 Å². The maximum Gasteiger partial charge on any atom is 0.0670 e. The van der Waals surface area contributed by atoms with Gasteiger partial charge in [-0.2, -0.15) is 5.26 Å². The number of nitriles is 1. The molecule has 0 saturated heterocycles. The van der Waals surface area contributed by atoms with E-state index in [0.29, 0.717) is 13.0 Å². The summed E-state index contributed by atoms with van der Waals surface area (Å²) in [6.45, 7) is 0.395. The third kappa shape index (κ3) is 2.56. The average Bonchev–Trinajstić information content (AvgIpc) is 1.83. The summed E-state index contributed by atoms with van der Waals surface area (Å²) in [7, 11) is 0. The molecule has 0 aromatic heterocycles. The lowest BCUT2D eigenvalue weighted by Gasteiger charge is -1.99. The van der Waals surface area contributed by atoms with Gasteiger partial charge >= 0.3 is 0 Å². The first-order valence-electron chi connectivity index (χ1n) is 2.55. The quantitative estimate of drug-likeness (QED) is 0.518. The first kappa shape index (κ1) is 7.41. The van der Waals surface area contributed by atoms with E-state index in [0.717, 1.165) is 0 Å². The Morgan fingerprint density at radius 1 is 1.75 bits per heavy atom. The van der Waals surface area contributed by atoms with Crippen LogP contribution in [0, 0.1) is 17.2 Å². The van der Waals surface area contributed by atoms with Gasteiger partial charge in [0.05, 0.1) is 12.0 Å². The average molecular weight is 114 g/mol. The minimum Gasteiger partial charge on any atom is -0.396 e. The third-order valence-corrected chi connectivity index (χ3v) is 0.945. The van der Waals surface area contributed by atoms with Crippen LogP contribution in [-0.2, 0) is 0 Å². The van der Waals surface area contributed by atoms with Gasteiger partial charge in [0.1, 0.15) is 0 Å². The summed E-state index contributed by atoms with van der Waals surface area (Å²) < 4.78 is 0. The Bertz CT molecular complexity index is 86.9. The SMILES string of the molecule is N#CC(CN)CCO. The first-order chi connectivity index (χ1) is 3.85. The van der Waals surface area contributed by atoms with E-state index in [1.807, 2.05) is 6.07 Å². The van der Waals surface area contributed by atoms with E-state index in [4.69, 9.17) is 16.1 Å². The molecule has 1 atom stereocenters. The lowest BCUT2D eigenvalue weighted by atomic mass is 10.1. The van der Waals surface area contributed by atoms with E-state index < -0.39 is 0 Å². The largest absolute Gasteiger partial charge is 0.396 e. The van der Waals surface area contributed by atoms with Crippen molar-refractivity contribution < 1.29 is 5.11 Å². The van der Waals surface area contributed by atoms with E-state index in [9.17, 15) is 0 Å². The van der Waals surface area contributed by atoms with Crippen LogP contribution in [0.4, 0.5) is 0 Å². The van der Waals surface area contributed by atoms with Gasteiger partial charge in [-0.15, -0.1) is 0 Å². The predicted molar refractivity (Wildman–Crippen MR) is 29.9 cm³/mol. The molecular weight excluding hydrogens is 104 g/mol. The molecule has 3 N–H and O–H groups in total. The van der Waals surface area contributed by atoms with Crippen LogP contribution in [0.1, 0.15) is 6.42 Å². The van der Waals surface area contributed by atoms with E-state index in [1.54, 1.807) is 0 Å². The van der Waals surface area contributed by atoms with Gasteiger partial charge in [-0.05, 0) is 6.42 Å². The van der Waals surface area contributed by atoms with E-state index in [2.05, 4.69) is 0 Å². The molecule has 0 spiro atoms. The Kier molecular flexibility index (Phi) is 4.23. The highest BCUT2D eigenvalue weighted by Crippen LogP contribution is 1.95. The molecule has 0 aliphatic carbocycles. The fourth-order valence-electron chi connectivity index (χ4n) is 0.391. The molecule has 46 valence electrons. The molecule has 3 heteroatoms. The molecular formula is C5H10N2O. The van der Waals surface area contributed by atoms with Crippen LogP contribution in [0.3, 0.4) is 0 Å². The normalized spacial score (nSPS) is 12.6. The molecule has 0 amide bonds. The number of rotatable bonds is 3. The van der Waals surface area contributed by atoms with Crippen molar-refractivity contribution in [2.24, 2.45) is 11.7 Å². The number of aliphatic hydroxyl groups excluding tert-OH is 1. The highest BCUT2D eigenvalue weighted by molar-refractivity contribution is 4.82. The lowest BCUT2D eigenvalue weighted by Crippen LogP contribution is -2.13. The van der Waals surface area contributed by atoms with Crippen LogP contribution >= 0.6 is 0 Å². The van der Waals surface area contributed by atoms with Gasteiger partial charge in [-0.25, -0.2) is 0 Å². The fraction of sp³-hybridized carbons (Fsp3) is 0.800. The van der Waals surface area contributed by atoms with Gasteiger partial charge in [0.15, 0.2) is 0 Å². The second-order valence-electron chi connectivity index (χ2n) is 1.57. The third-order valence-electron chi connectivity index (χ3n) is 0.945. The van der Waals surface area contributed by atoms with Crippen LogP contribution in [0.15, 0.2) is 0 Å². The molecule has 0 aromatic carbocycles. The van der Waals surface area contributed by atoms with Gasteiger partial charge in [-0.3, -0.25) is 0 Å². The van der Waals surface area contributed by atoms with Gasteiger partial charge in [0, 0.05) is 13.2 Å². The fourth-order valence-corrected chi connectivity index (χ4v) is 0.391. The first-order valence-corrected chi connectivity index (χ1v) is 2.55. The Balaban J connectivity index is 3.26. The summed E-state index contributed by atoms with van der Waals surface area (Å²) in [5, 5.41) is 16.5. The summed E-state index contributed by atoms with van der Waals surface area (Å²) >= 11 is 0. The summed E-state index contributed by atoms with van der Waals surface area (Å²) in [6.07, 6.45) is 0.493. The Morgan fingerprint density at radius 3 is 2.50 bits per heavy atom. The topological polar surface area (TPSA) is 70.0 Å². The van der Waals surface area contributed by atoms with Crippen molar-refractivity contribution in [1.82, 2.24) is 0 Å². The maximum atomic E-state index is 8.29. The van der Waals surface area contributed by atoms with Crippen molar-refractivity contribution in [3.8, 4) is 6.07 Å². The number of nitrogens with zero attached hydrogens (tertiary/aromatic N) is 1. The van der Waals surface area contributed by atoms with Crippen molar-refractivity contribution in [2.45, 2.75) is 6.42 Å². The van der Waals surface area contributed by atoms with Crippen molar-refractivity contribution >= 4 is 0 Å². The standard InChI is InChI=1S/C5H10N2O/c6-3-5(4-7)1-2-8/h5,8H,1-3,6H2. The zero-order chi connectivity index (χ0) is 6.41. The molecule has 0 aliphatic heterocycles. The summed E-state index contributed by atoms with van der Waals surface area (Å²) in [5.41, 5.74) is 5.14. The van der Waals surface area contributed by atoms with Crippen molar-refractivity contribution in [2.75, 3.05) is 13.2 Å². The lowest BCUT2D eigenvalue weighted by molar-refractivity contribution is 0.273. The number of aliphatic hydroxyl groups is 1. The highest BCUT2D eigenvalue weighted by atomic mass is 16.3. The van der Waals surface area contributed by atoms with Crippen LogP contribution in [0.5, 0.6) is 0 Å². The second-order valence-corrected chi connectivity index (χ2v) is 1.57. The molecule has 0 fully saturated rings. The van der Waals surface area contributed by atoms with Gasteiger partial charge in [0.25, 0.3) is 0 Å². The van der Waals surface area contributed by atoms with E-state index >= 15 is 0 Å². The van der Waals surface area contributed by atoms with E-state index in [1.165, 1.54) is 0 Å². The zero-order valence-corrected chi connectivity index (χ0v) is 4.67. The van der Waals surface area contributed by atoms with Crippen LogP contribution in [0.25, 0.3) is 0 Å². The summed E-state index contributed by atoms with van der Waals surface area (Å²) in [6, 6.07) is 1.97. The van der Waals surface area contributed by atoms with Gasteiger partial charge in [0.2, 0.25) is 0 Å². The minimum absolute atomic E-state index is 0.0510. The molecule has 0 aliphatic rings. The predicted octanol–water partition coefficient (Wildman–Crippen LogP) is -0.533. The molecule has 0 bridgehead atoms. The molecule has 0 aromatic rings. The molecule has 0 heterocycles. The van der Waals surface area contributed by atoms with E-state index in [-0.39, 0.29) is 12.5 Å². The van der Waals surface area contributed by atoms with Crippen LogP contribution < -0.4 is 5.73 Å². The van der Waals surface area contributed by atoms with Crippen molar-refractivity contribution in [1.29, 1.82) is 5.26 Å². The molecule has 8 heavy (non-hydrogen) atoms. The molecule has 3 nitrogen and oxygen atoms in total. The number of hydrogen-bond donors (Lipinski definition) is 2. The highest BCUT2D eigenvalue weighted by Gasteiger charge is 2.00. The maximum absolute atomic E-state index is 8.29. The zero-order valence-electron chi connectivity index (χ0n) is 4.67. The monoisotopic (exact) mass is 114 g/mol. The van der Waals surface area contributed by atoms with Crippen LogP contribution in [-0.4, -0.2) is 18.3 Å². The smallest absolute Gasteiger partial charge is 0.0670 e. The molecule has 0 radical (unpaired) electrons. The van der Waals surface area contributed by atoms with Crippen LogP contribution in [0.2, 0.25) is 0 Å². The van der Waals surface area contributed by atoms with Crippen molar-refractivity contribution in [3.63, 3.8) is 0 Å². The van der Waals surface area contributed by atoms with Gasteiger partial charge < -0.3 is 10.8 Å². The van der Waals surface area contributed by atoms with Gasteiger partial charge in [-0.1, -0.05) is 0 Å². The van der Waals surface area contributed by atoms with Crippen molar-refractivity contribution in [3.05, 3.63) is 0 Å². The second kappa shape index (κ2) is 4.57. The number of hydrogen-bond acceptors (Lipinski definition) is 3. The Hall–Kier alpha value is -0.590. The molecule has 0 rings (SSSR count). The Morgan fingerprint density at radius 2 is 2.38 bits per heavy atom.